The van der Waals surface area contributed by atoms with Gasteiger partial charge in [-0.15, -0.1) is 0 Å². The van der Waals surface area contributed by atoms with Crippen LogP contribution in [0.3, 0.4) is 0 Å². The van der Waals surface area contributed by atoms with Gasteiger partial charge in [0.05, 0.1) is 0 Å². The maximum Gasteiger partial charge on any atom is 0.308 e. The quantitative estimate of drug-likeness (QED) is 0.623. The van der Waals surface area contributed by atoms with Gasteiger partial charge < -0.3 is 9.47 Å². The van der Waals surface area contributed by atoms with Gasteiger partial charge in [-0.25, -0.2) is 0 Å². The predicted molar refractivity (Wildman–Crippen MR) is 88.1 cm³/mol. The van der Waals surface area contributed by atoms with Gasteiger partial charge >= 0.3 is 11.9 Å². The SMILES string of the molecule is CC(=O)Oc1ccc(-c2ccc(CC(C)OC(C)=O)cc2)cc1. The fourth-order valence-corrected chi connectivity index (χ4v) is 2.37. The molecule has 0 saturated carbocycles. The maximum atomic E-state index is 10.9. The molecule has 0 bridgehead atoms. The van der Waals surface area contributed by atoms with E-state index < -0.39 is 0 Å². The van der Waals surface area contributed by atoms with Crippen LogP contribution >= 0.6 is 0 Å². The third-order valence-corrected chi connectivity index (χ3v) is 3.29. The minimum absolute atomic E-state index is 0.138. The first kappa shape index (κ1) is 16.7. The van der Waals surface area contributed by atoms with Gasteiger partial charge in [-0.1, -0.05) is 36.4 Å². The Balaban J connectivity index is 2.04. The standard InChI is InChI=1S/C19H20O4/c1-13(22-14(2)20)12-16-4-6-17(7-5-16)18-8-10-19(11-9-18)23-15(3)21/h4-11,13H,12H2,1-3H3. The van der Waals surface area contributed by atoms with Gasteiger partial charge in [0.25, 0.3) is 0 Å². The van der Waals surface area contributed by atoms with Crippen LogP contribution in [0, 0.1) is 0 Å². The molecule has 0 heterocycles. The summed E-state index contributed by atoms with van der Waals surface area (Å²) in [4.78, 5) is 21.8. The third-order valence-electron chi connectivity index (χ3n) is 3.29. The zero-order chi connectivity index (χ0) is 16.8. The fraction of sp³-hybridized carbons (Fsp3) is 0.263. The van der Waals surface area contributed by atoms with Gasteiger partial charge in [0.15, 0.2) is 0 Å². The van der Waals surface area contributed by atoms with Crippen molar-refractivity contribution in [1.82, 2.24) is 0 Å². The highest BCUT2D eigenvalue weighted by Crippen LogP contribution is 2.23. The number of rotatable bonds is 5. The van der Waals surface area contributed by atoms with E-state index >= 15 is 0 Å². The lowest BCUT2D eigenvalue weighted by atomic mass is 10.0. The lowest BCUT2D eigenvalue weighted by Gasteiger charge is -2.12. The predicted octanol–water partition coefficient (Wildman–Crippen LogP) is 3.77. The van der Waals surface area contributed by atoms with Crippen LogP contribution in [0.4, 0.5) is 0 Å². The van der Waals surface area contributed by atoms with Crippen LogP contribution in [0.25, 0.3) is 11.1 Å². The van der Waals surface area contributed by atoms with Crippen LogP contribution in [0.2, 0.25) is 0 Å². The summed E-state index contributed by atoms with van der Waals surface area (Å²) in [6.07, 6.45) is 0.548. The van der Waals surface area contributed by atoms with Crippen molar-refractivity contribution < 1.29 is 19.1 Å². The van der Waals surface area contributed by atoms with E-state index in [1.165, 1.54) is 13.8 Å². The molecule has 1 atom stereocenters. The average molecular weight is 312 g/mol. The third kappa shape index (κ3) is 5.25. The van der Waals surface area contributed by atoms with Crippen LogP contribution < -0.4 is 4.74 Å². The lowest BCUT2D eigenvalue weighted by Crippen LogP contribution is -2.14. The number of ether oxygens (including phenoxy) is 2. The molecule has 2 aromatic carbocycles. The molecule has 0 fully saturated rings. The second-order valence-electron chi connectivity index (χ2n) is 5.44. The normalized spacial score (nSPS) is 11.6. The molecule has 0 saturated heterocycles. The Labute approximate surface area is 136 Å². The average Bonchev–Trinajstić information content (AvgIpc) is 2.47. The summed E-state index contributed by atoms with van der Waals surface area (Å²) in [5, 5.41) is 0. The minimum Gasteiger partial charge on any atom is -0.463 e. The second-order valence-corrected chi connectivity index (χ2v) is 5.44. The smallest absolute Gasteiger partial charge is 0.308 e. The highest BCUT2D eigenvalue weighted by Gasteiger charge is 2.07. The van der Waals surface area contributed by atoms with Crippen LogP contribution in [-0.2, 0) is 20.7 Å². The topological polar surface area (TPSA) is 52.6 Å². The van der Waals surface area contributed by atoms with Crippen molar-refractivity contribution in [2.45, 2.75) is 33.3 Å². The molecule has 1 unspecified atom stereocenters. The molecule has 0 aliphatic heterocycles. The van der Waals surface area contributed by atoms with Gasteiger partial charge in [0.1, 0.15) is 11.9 Å². The number of benzene rings is 2. The molecule has 0 amide bonds. The summed E-state index contributed by atoms with van der Waals surface area (Å²) in [5.41, 5.74) is 3.22. The van der Waals surface area contributed by atoms with E-state index in [1.54, 1.807) is 12.1 Å². The maximum absolute atomic E-state index is 10.9. The largest absolute Gasteiger partial charge is 0.463 e. The molecule has 23 heavy (non-hydrogen) atoms. The highest BCUT2D eigenvalue weighted by molar-refractivity contribution is 5.70. The Morgan fingerprint density at radius 3 is 1.87 bits per heavy atom. The van der Waals surface area contributed by atoms with Gasteiger partial charge in [-0.2, -0.15) is 0 Å². The van der Waals surface area contributed by atoms with Gasteiger partial charge in [-0.05, 0) is 35.7 Å². The van der Waals surface area contributed by atoms with Crippen molar-refractivity contribution in [3.8, 4) is 16.9 Å². The number of hydrogen-bond acceptors (Lipinski definition) is 4. The zero-order valence-electron chi connectivity index (χ0n) is 13.5. The molecule has 2 aromatic rings. The van der Waals surface area contributed by atoms with Gasteiger partial charge in [0, 0.05) is 20.3 Å². The first-order chi connectivity index (χ1) is 10.9. The summed E-state index contributed by atoms with van der Waals surface area (Å²) in [6.45, 7) is 4.67. The molecule has 0 aliphatic rings. The summed E-state index contributed by atoms with van der Waals surface area (Å²) in [7, 11) is 0. The van der Waals surface area contributed by atoms with E-state index in [0.29, 0.717) is 12.2 Å². The first-order valence-electron chi connectivity index (χ1n) is 7.49. The van der Waals surface area contributed by atoms with E-state index in [1.807, 2.05) is 43.3 Å². The molecule has 0 N–H and O–H groups in total. The summed E-state index contributed by atoms with van der Waals surface area (Å²) in [6, 6.07) is 15.5. The first-order valence-corrected chi connectivity index (χ1v) is 7.49. The number of carbonyl (C=O) groups excluding carboxylic acids is 2. The van der Waals surface area contributed by atoms with Crippen molar-refractivity contribution in [3.05, 3.63) is 54.1 Å². The molecular formula is C19H20O4. The molecule has 0 radical (unpaired) electrons. The highest BCUT2D eigenvalue weighted by atomic mass is 16.5. The molecule has 4 nitrogen and oxygen atoms in total. The fourth-order valence-electron chi connectivity index (χ4n) is 2.37. The summed E-state index contributed by atoms with van der Waals surface area (Å²) >= 11 is 0. The van der Waals surface area contributed by atoms with Crippen molar-refractivity contribution >= 4 is 11.9 Å². The van der Waals surface area contributed by atoms with Crippen LogP contribution in [-0.4, -0.2) is 18.0 Å². The van der Waals surface area contributed by atoms with E-state index in [2.05, 4.69) is 0 Å². The zero-order valence-corrected chi connectivity index (χ0v) is 13.5. The van der Waals surface area contributed by atoms with Crippen LogP contribution in [0.15, 0.2) is 48.5 Å². The summed E-state index contributed by atoms with van der Waals surface area (Å²) < 4.78 is 10.2. The van der Waals surface area contributed by atoms with Crippen LogP contribution in [0.5, 0.6) is 5.75 Å². The number of esters is 2. The summed E-state index contributed by atoms with van der Waals surface area (Å²) in [5.74, 6) is -0.0564. The molecule has 0 aromatic heterocycles. The number of carbonyl (C=O) groups is 2. The van der Waals surface area contributed by atoms with Gasteiger partial charge in [-0.3, -0.25) is 9.59 Å². The Morgan fingerprint density at radius 2 is 1.39 bits per heavy atom. The number of hydrogen-bond donors (Lipinski definition) is 0. The lowest BCUT2D eigenvalue weighted by molar-refractivity contribution is -0.145. The molecular weight excluding hydrogens is 292 g/mol. The van der Waals surface area contributed by atoms with E-state index in [-0.39, 0.29) is 18.0 Å². The van der Waals surface area contributed by atoms with Crippen molar-refractivity contribution in [2.24, 2.45) is 0 Å². The van der Waals surface area contributed by atoms with Crippen molar-refractivity contribution in [2.75, 3.05) is 0 Å². The molecule has 2 rings (SSSR count). The van der Waals surface area contributed by atoms with Crippen molar-refractivity contribution in [3.63, 3.8) is 0 Å². The van der Waals surface area contributed by atoms with E-state index in [9.17, 15) is 9.59 Å². The molecule has 0 aliphatic carbocycles. The Morgan fingerprint density at radius 1 is 0.870 bits per heavy atom. The minimum atomic E-state index is -0.330. The van der Waals surface area contributed by atoms with E-state index in [0.717, 1.165) is 16.7 Å². The Kier molecular flexibility index (Phi) is 5.52. The molecule has 120 valence electrons. The Bertz CT molecular complexity index is 672. The second kappa shape index (κ2) is 7.58. The van der Waals surface area contributed by atoms with Crippen molar-refractivity contribution in [1.29, 1.82) is 0 Å². The molecule has 4 heteroatoms. The van der Waals surface area contributed by atoms with E-state index in [4.69, 9.17) is 9.47 Å². The monoisotopic (exact) mass is 312 g/mol. The molecule has 0 spiro atoms. The van der Waals surface area contributed by atoms with Gasteiger partial charge in [0.2, 0.25) is 0 Å². The van der Waals surface area contributed by atoms with Crippen LogP contribution in [0.1, 0.15) is 26.3 Å². The Hall–Kier alpha value is -2.62.